The maximum atomic E-state index is 9.47. The van der Waals surface area contributed by atoms with Gasteiger partial charge in [0.05, 0.1) is 15.1 Å². The van der Waals surface area contributed by atoms with E-state index in [1.54, 1.807) is 0 Å². The van der Waals surface area contributed by atoms with E-state index in [9.17, 15) is 1.37 Å². The molecule has 8 rings (SSSR count). The van der Waals surface area contributed by atoms with Crippen molar-refractivity contribution in [2.24, 2.45) is 0 Å². The molecule has 2 heteroatoms. The van der Waals surface area contributed by atoms with Crippen molar-refractivity contribution in [1.29, 1.82) is 0 Å². The van der Waals surface area contributed by atoms with Crippen LogP contribution < -0.4 is 4.74 Å². The van der Waals surface area contributed by atoms with Gasteiger partial charge in [0.25, 0.3) is 0 Å². The molecule has 0 atom stereocenters. The highest BCUT2D eigenvalue weighted by atomic mass is 16.5. The number of aromatic nitrogens is 1. The van der Waals surface area contributed by atoms with Gasteiger partial charge >= 0.3 is 0 Å². The highest BCUT2D eigenvalue weighted by Crippen LogP contribution is 2.48. The molecule has 0 radical (unpaired) electrons. The van der Waals surface area contributed by atoms with E-state index in [1.807, 2.05) is 78.9 Å². The molecule has 6 aromatic carbocycles. The smallest absolute Gasteiger partial charge is 0.135 e. The number of ether oxygens (including phenoxy) is 1. The first-order valence-corrected chi connectivity index (χ1v) is 12.0. The molecule has 0 N–H and O–H groups in total. The summed E-state index contributed by atoms with van der Waals surface area (Å²) in [5.74, 6) is 0.933. The maximum Gasteiger partial charge on any atom is 0.135 e. The monoisotopic (exact) mass is 462 g/mol. The lowest BCUT2D eigenvalue weighted by molar-refractivity contribution is 0.487. The molecule has 1 aliphatic heterocycles. The van der Waals surface area contributed by atoms with Crippen LogP contribution in [0.25, 0.3) is 60.5 Å². The van der Waals surface area contributed by atoms with Crippen LogP contribution in [0.15, 0.2) is 127 Å². The summed E-state index contributed by atoms with van der Waals surface area (Å²) in [7, 11) is 0. The molecule has 7 aromatic rings. The summed E-state index contributed by atoms with van der Waals surface area (Å²) >= 11 is 0. The summed E-state index contributed by atoms with van der Waals surface area (Å²) in [5.41, 5.74) is 5.74. The van der Waals surface area contributed by atoms with E-state index in [-0.39, 0.29) is 23.9 Å². The first-order valence-electron chi connectivity index (χ1n) is 13.5. The molecule has 0 bridgehead atoms. The van der Waals surface area contributed by atoms with Crippen molar-refractivity contribution in [2.45, 2.75) is 0 Å². The van der Waals surface area contributed by atoms with Crippen LogP contribution in [-0.2, 0) is 0 Å². The molecule has 0 saturated heterocycles. The molecule has 0 aliphatic carbocycles. The van der Waals surface area contributed by atoms with Crippen molar-refractivity contribution >= 4 is 32.6 Å². The maximum absolute atomic E-state index is 9.47. The lowest BCUT2D eigenvalue weighted by Gasteiger charge is -2.22. The minimum Gasteiger partial charge on any atom is -0.456 e. The second-order valence-electron chi connectivity index (χ2n) is 9.10. The fourth-order valence-corrected chi connectivity index (χ4v) is 5.59. The van der Waals surface area contributed by atoms with Crippen molar-refractivity contribution in [1.82, 2.24) is 4.57 Å². The Labute approximate surface area is 212 Å². The van der Waals surface area contributed by atoms with E-state index in [4.69, 9.17) is 7.48 Å². The molecule has 1 aliphatic rings. The third-order valence-electron chi connectivity index (χ3n) is 7.11. The van der Waals surface area contributed by atoms with Gasteiger partial charge in [0.2, 0.25) is 0 Å². The van der Waals surface area contributed by atoms with Gasteiger partial charge in [0, 0.05) is 27.4 Å². The van der Waals surface area contributed by atoms with Crippen LogP contribution in [0.2, 0.25) is 0 Å². The Morgan fingerprint density at radius 1 is 0.556 bits per heavy atom. The molecular weight excluding hydrogens is 438 g/mol. The van der Waals surface area contributed by atoms with Crippen LogP contribution in [0, 0.1) is 0 Å². The van der Waals surface area contributed by atoms with Crippen molar-refractivity contribution in [3.63, 3.8) is 0 Å². The highest BCUT2D eigenvalue weighted by Gasteiger charge is 2.21. The minimum atomic E-state index is -0.00805. The fourth-order valence-electron chi connectivity index (χ4n) is 5.59. The first-order chi connectivity index (χ1) is 19.1. The Morgan fingerprint density at radius 2 is 1.31 bits per heavy atom. The van der Waals surface area contributed by atoms with Crippen LogP contribution in [0.1, 0.15) is 4.11 Å². The number of nitrogens with zero attached hydrogens (tertiary/aromatic N) is 1. The molecule has 0 spiro atoms. The zero-order chi connectivity index (χ0) is 26.2. The van der Waals surface area contributed by atoms with Crippen molar-refractivity contribution in [3.8, 4) is 39.4 Å². The summed E-state index contributed by atoms with van der Waals surface area (Å²) in [6.07, 6.45) is 0. The third-order valence-corrected chi connectivity index (χ3v) is 7.11. The number of para-hydroxylation sites is 2. The van der Waals surface area contributed by atoms with Crippen molar-refractivity contribution in [2.75, 3.05) is 0 Å². The van der Waals surface area contributed by atoms with Gasteiger partial charge in [-0.1, -0.05) is 84.9 Å². The SMILES string of the molecule is [2H]c1c([2H])c(-c2cccc3c2c2ccccc2n3-c2ccccc2)c([2H])c2c1Oc1cccc3cccc-2c13. The largest absolute Gasteiger partial charge is 0.456 e. The first kappa shape index (κ1) is 16.7. The van der Waals surface area contributed by atoms with E-state index < -0.39 is 0 Å². The molecule has 2 nitrogen and oxygen atoms in total. The van der Waals surface area contributed by atoms with E-state index in [0.29, 0.717) is 16.9 Å². The van der Waals surface area contributed by atoms with Crippen molar-refractivity contribution in [3.05, 3.63) is 127 Å². The molecule has 0 saturated carbocycles. The standard InChI is InChI=1S/C34H21NO/c1-2-11-24(12-3-1)35-29-16-5-4-13-27(29)34-25(14-8-17-30(34)35)23-19-20-31-28(21-23)26-15-6-9-22-10-7-18-32(36-31)33(22)26/h1-21H/i19D,20D,21D. The topological polar surface area (TPSA) is 14.2 Å². The lowest BCUT2D eigenvalue weighted by Crippen LogP contribution is -1.97. The summed E-state index contributed by atoms with van der Waals surface area (Å²) in [6, 6.07) is 36.5. The van der Waals surface area contributed by atoms with Gasteiger partial charge in [-0.05, 0) is 64.5 Å². The van der Waals surface area contributed by atoms with Crippen LogP contribution >= 0.6 is 0 Å². The zero-order valence-electron chi connectivity index (χ0n) is 22.2. The minimum absolute atomic E-state index is 0.00523. The molecule has 0 amide bonds. The molecule has 2 heterocycles. The van der Waals surface area contributed by atoms with Gasteiger partial charge in [0.15, 0.2) is 0 Å². The van der Waals surface area contributed by atoms with Gasteiger partial charge in [0.1, 0.15) is 11.5 Å². The third kappa shape index (κ3) is 2.67. The Bertz CT molecular complexity index is 2120. The second kappa shape index (κ2) is 7.34. The number of fused-ring (bicyclic) bond motifs is 5. The van der Waals surface area contributed by atoms with Gasteiger partial charge in [-0.2, -0.15) is 0 Å². The molecule has 168 valence electrons. The molecule has 36 heavy (non-hydrogen) atoms. The Kier molecular flexibility index (Phi) is 3.41. The van der Waals surface area contributed by atoms with Gasteiger partial charge < -0.3 is 9.30 Å². The summed E-state index contributed by atoms with van der Waals surface area (Å²) in [6.45, 7) is 0. The van der Waals surface area contributed by atoms with Gasteiger partial charge in [-0.25, -0.2) is 0 Å². The molecular formula is C34H21NO. The molecule has 0 fully saturated rings. The average molecular weight is 463 g/mol. The number of benzene rings is 6. The summed E-state index contributed by atoms with van der Waals surface area (Å²) in [4.78, 5) is 0. The van der Waals surface area contributed by atoms with Crippen LogP contribution in [0.5, 0.6) is 11.5 Å². The van der Waals surface area contributed by atoms with Crippen molar-refractivity contribution < 1.29 is 8.85 Å². The number of rotatable bonds is 2. The normalized spacial score (nSPS) is 13.3. The van der Waals surface area contributed by atoms with Crippen LogP contribution in [0.4, 0.5) is 0 Å². The summed E-state index contributed by atoms with van der Waals surface area (Å²) < 4.78 is 36.0. The predicted octanol–water partition coefficient (Wildman–Crippen LogP) is 9.38. The quantitative estimate of drug-likeness (QED) is 0.250. The van der Waals surface area contributed by atoms with E-state index in [1.165, 1.54) is 0 Å². The van der Waals surface area contributed by atoms with Gasteiger partial charge in [-0.3, -0.25) is 0 Å². The summed E-state index contributed by atoms with van der Waals surface area (Å²) in [5, 5.41) is 3.96. The second-order valence-corrected chi connectivity index (χ2v) is 9.10. The number of hydrogen-bond donors (Lipinski definition) is 0. The fraction of sp³-hybridized carbons (Fsp3) is 0. The van der Waals surface area contributed by atoms with E-state index in [2.05, 4.69) is 34.9 Å². The van der Waals surface area contributed by atoms with Crippen LogP contribution in [-0.4, -0.2) is 4.57 Å². The number of hydrogen-bond acceptors (Lipinski definition) is 1. The van der Waals surface area contributed by atoms with Crippen LogP contribution in [0.3, 0.4) is 0 Å². The van der Waals surface area contributed by atoms with Gasteiger partial charge in [-0.15, -0.1) is 0 Å². The van der Waals surface area contributed by atoms with E-state index in [0.717, 1.165) is 49.4 Å². The lowest BCUT2D eigenvalue weighted by atomic mass is 9.91. The molecule has 0 unspecified atom stereocenters. The molecule has 1 aromatic heterocycles. The van der Waals surface area contributed by atoms with E-state index >= 15 is 0 Å². The zero-order valence-corrected chi connectivity index (χ0v) is 19.2. The Morgan fingerprint density at radius 3 is 2.22 bits per heavy atom. The average Bonchev–Trinajstić information content (AvgIpc) is 3.32. The highest BCUT2D eigenvalue weighted by molar-refractivity contribution is 6.16. The Hall–Kier alpha value is -4.82. The Balaban J connectivity index is 1.50. The predicted molar refractivity (Wildman–Crippen MR) is 149 cm³/mol.